The van der Waals surface area contributed by atoms with E-state index in [0.717, 1.165) is 35.9 Å². The summed E-state index contributed by atoms with van der Waals surface area (Å²) in [7, 11) is 3.79. The van der Waals surface area contributed by atoms with E-state index in [0.29, 0.717) is 5.92 Å². The van der Waals surface area contributed by atoms with Crippen LogP contribution in [0.2, 0.25) is 0 Å². The topological polar surface area (TPSA) is 39.7 Å². The molecule has 0 bridgehead atoms. The Bertz CT molecular complexity index is 558. The minimum absolute atomic E-state index is 0.488. The number of anilines is 2. The zero-order valence-corrected chi connectivity index (χ0v) is 15.8. The Labute approximate surface area is 147 Å². The molecule has 1 aromatic rings. The molecule has 1 aromatic carbocycles. The van der Waals surface area contributed by atoms with Crippen molar-refractivity contribution in [1.29, 1.82) is 0 Å². The summed E-state index contributed by atoms with van der Waals surface area (Å²) >= 11 is 0. The molecular weight excluding hydrogens is 296 g/mol. The molecule has 24 heavy (non-hydrogen) atoms. The quantitative estimate of drug-likeness (QED) is 0.486. The van der Waals surface area contributed by atoms with Crippen LogP contribution in [0.3, 0.4) is 0 Å². The van der Waals surface area contributed by atoms with Gasteiger partial charge in [-0.05, 0) is 62.9 Å². The number of hydrogen-bond acceptors (Lipinski definition) is 4. The van der Waals surface area contributed by atoms with Gasteiger partial charge in [0, 0.05) is 29.8 Å². The normalized spacial score (nSPS) is 13.5. The Morgan fingerprint density at radius 3 is 2.50 bits per heavy atom. The van der Waals surface area contributed by atoms with Crippen LogP contribution in [0.15, 0.2) is 53.8 Å². The van der Waals surface area contributed by atoms with Crippen LogP contribution in [0.5, 0.6) is 0 Å². The molecule has 1 atom stereocenters. The van der Waals surface area contributed by atoms with Crippen LogP contribution in [0.25, 0.3) is 0 Å². The summed E-state index contributed by atoms with van der Waals surface area (Å²) < 4.78 is 0. The van der Waals surface area contributed by atoms with Gasteiger partial charge in [0.05, 0.1) is 6.67 Å². The predicted molar refractivity (Wildman–Crippen MR) is 108 cm³/mol. The number of allylic oxidation sites excluding steroid dienone is 2. The number of nitrogens with one attached hydrogen (secondary N) is 2. The summed E-state index contributed by atoms with van der Waals surface area (Å²) in [5.74, 6) is 0.488. The van der Waals surface area contributed by atoms with Crippen LogP contribution in [-0.2, 0) is 0 Å². The average molecular weight is 329 g/mol. The van der Waals surface area contributed by atoms with Gasteiger partial charge >= 0.3 is 0 Å². The fraction of sp³-hybridized carbons (Fsp3) is 0.450. The van der Waals surface area contributed by atoms with Crippen LogP contribution in [-0.4, -0.2) is 26.5 Å². The number of benzene rings is 1. The third kappa shape index (κ3) is 6.20. The lowest BCUT2D eigenvalue weighted by molar-refractivity contribution is 0.667. The molecule has 0 saturated carbocycles. The maximum atomic E-state index is 4.43. The molecule has 0 aliphatic carbocycles. The molecule has 4 heteroatoms. The maximum Gasteiger partial charge on any atom is 0.0723 e. The second kappa shape index (κ2) is 10.7. The highest BCUT2D eigenvalue weighted by Gasteiger charge is 2.07. The lowest BCUT2D eigenvalue weighted by atomic mass is 9.99. The SMILES string of the molecule is C=CN(CNC)c1ccc(N/C(C)=C/C(=NC)C(C)CCC)cc1. The number of hydrogen-bond donors (Lipinski definition) is 2. The van der Waals surface area contributed by atoms with E-state index < -0.39 is 0 Å². The van der Waals surface area contributed by atoms with Crippen molar-refractivity contribution < 1.29 is 0 Å². The largest absolute Gasteiger partial charge is 0.359 e. The van der Waals surface area contributed by atoms with Gasteiger partial charge in [-0.2, -0.15) is 0 Å². The molecule has 0 radical (unpaired) electrons. The first-order valence-electron chi connectivity index (χ1n) is 8.61. The van der Waals surface area contributed by atoms with Gasteiger partial charge in [0.15, 0.2) is 0 Å². The molecule has 0 aliphatic heterocycles. The second-order valence-corrected chi connectivity index (χ2v) is 6.00. The van der Waals surface area contributed by atoms with Crippen molar-refractivity contribution in [3.63, 3.8) is 0 Å². The van der Waals surface area contributed by atoms with Gasteiger partial charge in [0.2, 0.25) is 0 Å². The van der Waals surface area contributed by atoms with Crippen LogP contribution in [0.1, 0.15) is 33.6 Å². The van der Waals surface area contributed by atoms with Crippen LogP contribution >= 0.6 is 0 Å². The molecule has 0 heterocycles. The molecular formula is C20H32N4. The maximum absolute atomic E-state index is 4.43. The molecule has 1 unspecified atom stereocenters. The lowest BCUT2D eigenvalue weighted by Gasteiger charge is -2.20. The first-order chi connectivity index (χ1) is 11.5. The average Bonchev–Trinajstić information content (AvgIpc) is 2.58. The van der Waals surface area contributed by atoms with E-state index in [-0.39, 0.29) is 0 Å². The van der Waals surface area contributed by atoms with Gasteiger partial charge < -0.3 is 15.5 Å². The minimum Gasteiger partial charge on any atom is -0.359 e. The number of rotatable bonds is 10. The smallest absolute Gasteiger partial charge is 0.0723 e. The lowest BCUT2D eigenvalue weighted by Crippen LogP contribution is -2.26. The summed E-state index contributed by atoms with van der Waals surface area (Å²) in [5.41, 5.74) is 4.42. The van der Waals surface area contributed by atoms with Gasteiger partial charge in [-0.25, -0.2) is 0 Å². The van der Waals surface area contributed by atoms with Gasteiger partial charge in [-0.3, -0.25) is 4.99 Å². The van der Waals surface area contributed by atoms with Crippen molar-refractivity contribution >= 4 is 17.1 Å². The van der Waals surface area contributed by atoms with Crippen molar-refractivity contribution in [2.45, 2.75) is 33.6 Å². The summed E-state index contributed by atoms with van der Waals surface area (Å²) in [4.78, 5) is 6.49. The van der Waals surface area contributed by atoms with E-state index >= 15 is 0 Å². The summed E-state index contributed by atoms with van der Waals surface area (Å²) in [6.45, 7) is 11.1. The Hall–Kier alpha value is -2.07. The van der Waals surface area contributed by atoms with E-state index in [4.69, 9.17) is 0 Å². The Morgan fingerprint density at radius 2 is 2.00 bits per heavy atom. The summed E-state index contributed by atoms with van der Waals surface area (Å²) in [5, 5.41) is 6.57. The van der Waals surface area contributed by atoms with E-state index in [1.54, 1.807) is 0 Å². The third-order valence-corrected chi connectivity index (χ3v) is 3.94. The van der Waals surface area contributed by atoms with Crippen LogP contribution < -0.4 is 15.5 Å². The first kappa shape index (κ1) is 20.0. The monoisotopic (exact) mass is 328 g/mol. The molecule has 2 N–H and O–H groups in total. The van der Waals surface area contributed by atoms with Gasteiger partial charge in [-0.15, -0.1) is 0 Å². The van der Waals surface area contributed by atoms with Crippen molar-refractivity contribution in [2.24, 2.45) is 10.9 Å². The second-order valence-electron chi connectivity index (χ2n) is 6.00. The molecule has 0 spiro atoms. The predicted octanol–water partition coefficient (Wildman–Crippen LogP) is 4.64. The van der Waals surface area contributed by atoms with Crippen molar-refractivity contribution in [2.75, 3.05) is 31.0 Å². The fourth-order valence-electron chi connectivity index (χ4n) is 2.66. The molecule has 0 saturated heterocycles. The van der Waals surface area contributed by atoms with E-state index in [1.807, 2.05) is 20.3 Å². The van der Waals surface area contributed by atoms with Crippen molar-refractivity contribution in [1.82, 2.24) is 5.32 Å². The minimum atomic E-state index is 0.488. The third-order valence-electron chi connectivity index (χ3n) is 3.94. The number of aliphatic imine (C=N–C) groups is 1. The van der Waals surface area contributed by atoms with Crippen molar-refractivity contribution in [3.05, 3.63) is 48.8 Å². The van der Waals surface area contributed by atoms with Gasteiger partial charge in [-0.1, -0.05) is 26.8 Å². The van der Waals surface area contributed by atoms with E-state index in [1.165, 1.54) is 6.42 Å². The highest BCUT2D eigenvalue weighted by Crippen LogP contribution is 2.19. The first-order valence-corrected chi connectivity index (χ1v) is 8.61. The van der Waals surface area contributed by atoms with Crippen molar-refractivity contribution in [3.8, 4) is 0 Å². The van der Waals surface area contributed by atoms with Gasteiger partial charge in [0.25, 0.3) is 0 Å². The molecule has 132 valence electrons. The number of nitrogens with zero attached hydrogens (tertiary/aromatic N) is 2. The van der Waals surface area contributed by atoms with Gasteiger partial charge in [0.1, 0.15) is 0 Å². The molecule has 1 rings (SSSR count). The molecule has 0 amide bonds. The Balaban J connectivity index is 2.78. The van der Waals surface area contributed by atoms with E-state index in [9.17, 15) is 0 Å². The summed E-state index contributed by atoms with van der Waals surface area (Å²) in [6, 6.07) is 8.33. The summed E-state index contributed by atoms with van der Waals surface area (Å²) in [6.07, 6.45) is 6.30. The fourth-order valence-corrected chi connectivity index (χ4v) is 2.66. The Morgan fingerprint density at radius 1 is 1.33 bits per heavy atom. The molecule has 4 nitrogen and oxygen atoms in total. The molecule has 0 aliphatic rings. The zero-order valence-electron chi connectivity index (χ0n) is 15.8. The highest BCUT2D eigenvalue weighted by atomic mass is 15.2. The van der Waals surface area contributed by atoms with Crippen LogP contribution in [0, 0.1) is 5.92 Å². The Kier molecular flexibility index (Phi) is 8.87. The molecule has 0 aromatic heterocycles. The zero-order chi connectivity index (χ0) is 17.9. The van der Waals surface area contributed by atoms with Crippen LogP contribution in [0.4, 0.5) is 11.4 Å². The highest BCUT2D eigenvalue weighted by molar-refractivity contribution is 5.97. The molecule has 0 fully saturated rings. The standard InChI is InChI=1S/C20H32N4/c1-7-9-16(3)20(22-6)14-17(4)23-18-10-12-19(13-11-18)24(8-2)15-21-5/h8,10-14,16,21,23H,2,7,9,15H2,1,3-6H3/b17-14+,22-20?. The van der Waals surface area contributed by atoms with E-state index in [2.05, 4.69) is 78.2 Å².